The number of carbonyl (C=O) groups excluding carboxylic acids is 1. The Morgan fingerprint density at radius 1 is 1.15 bits per heavy atom. The highest BCUT2D eigenvalue weighted by Gasteiger charge is 2.09. The van der Waals surface area contributed by atoms with Crippen molar-refractivity contribution in [3.05, 3.63) is 65.2 Å². The minimum absolute atomic E-state index is 0.127. The van der Waals surface area contributed by atoms with Gasteiger partial charge in [-0.05, 0) is 18.2 Å². The van der Waals surface area contributed by atoms with Crippen molar-refractivity contribution in [2.75, 3.05) is 7.11 Å². The predicted octanol–water partition coefficient (Wildman–Crippen LogP) is 3.50. The van der Waals surface area contributed by atoms with Gasteiger partial charge in [-0.25, -0.2) is 13.6 Å². The maximum absolute atomic E-state index is 13.0. The van der Waals surface area contributed by atoms with Crippen LogP contribution in [0.3, 0.4) is 0 Å². The van der Waals surface area contributed by atoms with E-state index in [4.69, 9.17) is 0 Å². The van der Waals surface area contributed by atoms with E-state index in [-0.39, 0.29) is 5.69 Å². The van der Waals surface area contributed by atoms with E-state index < -0.39 is 17.6 Å². The van der Waals surface area contributed by atoms with Crippen molar-refractivity contribution in [1.82, 2.24) is 0 Å². The van der Waals surface area contributed by atoms with Crippen molar-refractivity contribution in [3.8, 4) is 0 Å². The van der Waals surface area contributed by atoms with E-state index in [9.17, 15) is 13.6 Å². The SMILES string of the molecule is COC(=O)c1ccccc1C=Nc1cc(F)cc(F)c1. The maximum Gasteiger partial charge on any atom is 0.338 e. The molecule has 0 atom stereocenters. The minimum atomic E-state index is -0.710. The third kappa shape index (κ3) is 3.26. The van der Waals surface area contributed by atoms with Gasteiger partial charge in [0.1, 0.15) is 11.6 Å². The Labute approximate surface area is 114 Å². The average Bonchev–Trinajstić information content (AvgIpc) is 2.43. The van der Waals surface area contributed by atoms with Crippen LogP contribution in [0.4, 0.5) is 14.5 Å². The first kappa shape index (κ1) is 13.9. The summed E-state index contributed by atoms with van der Waals surface area (Å²) in [5.41, 5.74) is 0.960. The first-order chi connectivity index (χ1) is 9.60. The Bertz CT molecular complexity index is 648. The van der Waals surface area contributed by atoms with Crippen molar-refractivity contribution in [2.24, 2.45) is 4.99 Å². The summed E-state index contributed by atoms with van der Waals surface area (Å²) in [4.78, 5) is 15.5. The number of benzene rings is 2. The molecule has 0 heterocycles. The number of methoxy groups -OCH3 is 1. The summed E-state index contributed by atoms with van der Waals surface area (Å²) in [5.74, 6) is -1.92. The molecule has 0 amide bonds. The fourth-order valence-electron chi connectivity index (χ4n) is 1.66. The van der Waals surface area contributed by atoms with Crippen LogP contribution in [0.5, 0.6) is 0 Å². The fraction of sp³-hybridized carbons (Fsp3) is 0.0667. The summed E-state index contributed by atoms with van der Waals surface area (Å²) in [7, 11) is 1.28. The van der Waals surface area contributed by atoms with Crippen LogP contribution in [0.15, 0.2) is 47.5 Å². The lowest BCUT2D eigenvalue weighted by atomic mass is 10.1. The minimum Gasteiger partial charge on any atom is -0.465 e. The highest BCUT2D eigenvalue weighted by atomic mass is 19.1. The molecule has 0 N–H and O–H groups in total. The molecule has 0 aromatic heterocycles. The second kappa shape index (κ2) is 6.06. The molecule has 2 aromatic carbocycles. The second-order valence-electron chi connectivity index (χ2n) is 3.96. The van der Waals surface area contributed by atoms with Gasteiger partial charge in [-0.15, -0.1) is 0 Å². The lowest BCUT2D eigenvalue weighted by Crippen LogP contribution is -2.04. The number of hydrogen-bond acceptors (Lipinski definition) is 3. The summed E-state index contributed by atoms with van der Waals surface area (Å²) in [6, 6.07) is 9.61. The number of esters is 1. The molecule has 0 unspecified atom stereocenters. The summed E-state index contributed by atoms with van der Waals surface area (Å²) >= 11 is 0. The van der Waals surface area contributed by atoms with E-state index in [0.29, 0.717) is 11.1 Å². The van der Waals surface area contributed by atoms with E-state index in [2.05, 4.69) is 9.73 Å². The molecule has 20 heavy (non-hydrogen) atoms. The quantitative estimate of drug-likeness (QED) is 0.635. The Morgan fingerprint density at radius 2 is 1.80 bits per heavy atom. The molecule has 2 rings (SSSR count). The van der Waals surface area contributed by atoms with Gasteiger partial charge in [0.15, 0.2) is 0 Å². The average molecular weight is 275 g/mol. The number of carbonyl (C=O) groups is 1. The standard InChI is InChI=1S/C15H11F2NO2/c1-20-15(19)14-5-3-2-4-10(14)9-18-13-7-11(16)6-12(17)8-13/h2-9H,1H3. The van der Waals surface area contributed by atoms with E-state index in [1.807, 2.05) is 0 Å². The molecule has 0 saturated carbocycles. The van der Waals surface area contributed by atoms with Gasteiger partial charge in [-0.2, -0.15) is 0 Å². The molecule has 5 heteroatoms. The molecule has 0 saturated heterocycles. The molecule has 3 nitrogen and oxygen atoms in total. The number of nitrogens with zero attached hydrogens (tertiary/aromatic N) is 1. The maximum atomic E-state index is 13.0. The largest absolute Gasteiger partial charge is 0.465 e. The lowest BCUT2D eigenvalue weighted by Gasteiger charge is -2.03. The van der Waals surface area contributed by atoms with Crippen molar-refractivity contribution >= 4 is 17.9 Å². The normalized spacial score (nSPS) is 10.8. The fourth-order valence-corrected chi connectivity index (χ4v) is 1.66. The predicted molar refractivity (Wildman–Crippen MR) is 71.4 cm³/mol. The summed E-state index contributed by atoms with van der Waals surface area (Å²) in [5, 5.41) is 0. The zero-order chi connectivity index (χ0) is 14.5. The van der Waals surface area contributed by atoms with Crippen LogP contribution in [-0.4, -0.2) is 19.3 Å². The topological polar surface area (TPSA) is 38.7 Å². The molecular formula is C15H11F2NO2. The Morgan fingerprint density at radius 3 is 2.45 bits per heavy atom. The highest BCUT2D eigenvalue weighted by molar-refractivity contribution is 5.99. The van der Waals surface area contributed by atoms with Gasteiger partial charge < -0.3 is 4.74 Å². The van der Waals surface area contributed by atoms with Crippen molar-refractivity contribution in [1.29, 1.82) is 0 Å². The molecule has 2 aromatic rings. The van der Waals surface area contributed by atoms with Crippen molar-refractivity contribution < 1.29 is 18.3 Å². The van der Waals surface area contributed by atoms with Crippen LogP contribution < -0.4 is 0 Å². The smallest absolute Gasteiger partial charge is 0.338 e. The van der Waals surface area contributed by atoms with Crippen LogP contribution in [0.2, 0.25) is 0 Å². The highest BCUT2D eigenvalue weighted by Crippen LogP contribution is 2.17. The van der Waals surface area contributed by atoms with E-state index in [1.165, 1.54) is 13.3 Å². The van der Waals surface area contributed by atoms with Crippen molar-refractivity contribution in [2.45, 2.75) is 0 Å². The molecule has 0 bridgehead atoms. The lowest BCUT2D eigenvalue weighted by molar-refractivity contribution is 0.0600. The van der Waals surface area contributed by atoms with E-state index in [0.717, 1.165) is 18.2 Å². The Balaban J connectivity index is 2.34. The summed E-state index contributed by atoms with van der Waals surface area (Å²) in [6.07, 6.45) is 1.36. The van der Waals surface area contributed by atoms with E-state index in [1.54, 1.807) is 24.3 Å². The molecule has 0 spiro atoms. The Kier molecular flexibility index (Phi) is 4.20. The summed E-state index contributed by atoms with van der Waals surface area (Å²) in [6.45, 7) is 0. The van der Waals surface area contributed by atoms with Gasteiger partial charge >= 0.3 is 5.97 Å². The molecule has 0 aliphatic heterocycles. The molecule has 0 aliphatic rings. The molecule has 102 valence electrons. The second-order valence-corrected chi connectivity index (χ2v) is 3.96. The van der Waals surface area contributed by atoms with Gasteiger partial charge in [0.05, 0.1) is 18.4 Å². The Hall–Kier alpha value is -2.56. The molecule has 0 fully saturated rings. The van der Waals surface area contributed by atoms with Gasteiger partial charge in [0.2, 0.25) is 0 Å². The molecule has 0 aliphatic carbocycles. The molecular weight excluding hydrogens is 264 g/mol. The number of ether oxygens (including phenoxy) is 1. The third-order valence-corrected chi connectivity index (χ3v) is 2.57. The van der Waals surface area contributed by atoms with Gasteiger partial charge in [0.25, 0.3) is 0 Å². The number of aliphatic imine (C=N–C) groups is 1. The molecule has 0 radical (unpaired) electrons. The first-order valence-electron chi connectivity index (χ1n) is 5.77. The zero-order valence-corrected chi connectivity index (χ0v) is 10.6. The third-order valence-electron chi connectivity index (χ3n) is 2.57. The number of hydrogen-bond donors (Lipinski definition) is 0. The monoisotopic (exact) mass is 275 g/mol. The van der Waals surface area contributed by atoms with Crippen LogP contribution in [0.25, 0.3) is 0 Å². The van der Waals surface area contributed by atoms with Crippen LogP contribution >= 0.6 is 0 Å². The van der Waals surface area contributed by atoms with Crippen LogP contribution in [0.1, 0.15) is 15.9 Å². The first-order valence-corrected chi connectivity index (χ1v) is 5.77. The van der Waals surface area contributed by atoms with Crippen LogP contribution in [0, 0.1) is 11.6 Å². The van der Waals surface area contributed by atoms with E-state index >= 15 is 0 Å². The van der Waals surface area contributed by atoms with Gasteiger partial charge in [-0.1, -0.05) is 18.2 Å². The van der Waals surface area contributed by atoms with Crippen LogP contribution in [-0.2, 0) is 4.74 Å². The van der Waals surface area contributed by atoms with Gasteiger partial charge in [-0.3, -0.25) is 4.99 Å². The number of halogens is 2. The van der Waals surface area contributed by atoms with Gasteiger partial charge in [0, 0.05) is 17.8 Å². The van der Waals surface area contributed by atoms with Crippen molar-refractivity contribution in [3.63, 3.8) is 0 Å². The number of rotatable bonds is 3. The summed E-state index contributed by atoms with van der Waals surface area (Å²) < 4.78 is 30.7. The zero-order valence-electron chi connectivity index (χ0n) is 10.6.